The molecule has 0 aromatic heterocycles. The van der Waals surface area contributed by atoms with Crippen molar-refractivity contribution in [1.82, 2.24) is 0 Å². The second-order valence-corrected chi connectivity index (χ2v) is 8.61. The number of halogens is 3. The minimum absolute atomic E-state index is 0.658. The maximum absolute atomic E-state index is 5.94. The Kier molecular flexibility index (Phi) is 6.77. The summed E-state index contributed by atoms with van der Waals surface area (Å²) in [5.41, 5.74) is 0. The van der Waals surface area contributed by atoms with E-state index < -0.39 is 8.60 Å². The molecule has 128 valence electrons. The summed E-state index contributed by atoms with van der Waals surface area (Å²) in [5, 5.41) is 0. The minimum Gasteiger partial charge on any atom is -0.408 e. The number of hydrogen-bond acceptors (Lipinski definition) is 3. The SMILES string of the molecule is Brc1cccc(OP(Oc2cccc(Br)c2)Oc2cccc(Br)c2)c1. The van der Waals surface area contributed by atoms with Gasteiger partial charge in [-0.15, -0.1) is 0 Å². The fourth-order valence-electron chi connectivity index (χ4n) is 1.89. The van der Waals surface area contributed by atoms with Gasteiger partial charge >= 0.3 is 8.60 Å². The van der Waals surface area contributed by atoms with Gasteiger partial charge in [-0.1, -0.05) is 66.0 Å². The Morgan fingerprint density at radius 1 is 0.520 bits per heavy atom. The Morgan fingerprint density at radius 3 is 1.12 bits per heavy atom. The van der Waals surface area contributed by atoms with Crippen LogP contribution in [0.5, 0.6) is 17.2 Å². The Labute approximate surface area is 172 Å². The topological polar surface area (TPSA) is 27.7 Å². The van der Waals surface area contributed by atoms with Crippen molar-refractivity contribution in [2.24, 2.45) is 0 Å². The van der Waals surface area contributed by atoms with Crippen molar-refractivity contribution in [3.05, 3.63) is 86.2 Å². The summed E-state index contributed by atoms with van der Waals surface area (Å²) in [6, 6.07) is 22.6. The van der Waals surface area contributed by atoms with Crippen LogP contribution in [-0.2, 0) is 0 Å². The molecule has 3 nitrogen and oxygen atoms in total. The van der Waals surface area contributed by atoms with Crippen molar-refractivity contribution in [3.8, 4) is 17.2 Å². The molecule has 0 unspecified atom stereocenters. The Balaban J connectivity index is 1.82. The molecule has 3 aromatic carbocycles. The fraction of sp³-hybridized carbons (Fsp3) is 0. The molecule has 0 radical (unpaired) electrons. The first-order chi connectivity index (χ1) is 12.1. The number of rotatable bonds is 6. The smallest absolute Gasteiger partial charge is 0.408 e. The first-order valence-corrected chi connectivity index (χ1v) is 10.7. The molecule has 0 spiro atoms. The predicted molar refractivity (Wildman–Crippen MR) is 111 cm³/mol. The normalized spacial score (nSPS) is 10.6. The third-order valence-corrected chi connectivity index (χ3v) is 5.49. The zero-order valence-corrected chi connectivity index (χ0v) is 18.4. The van der Waals surface area contributed by atoms with Gasteiger partial charge < -0.3 is 13.6 Å². The van der Waals surface area contributed by atoms with Gasteiger partial charge in [0.25, 0.3) is 0 Å². The summed E-state index contributed by atoms with van der Waals surface area (Å²) >= 11 is 10.3. The Bertz CT molecular complexity index is 747. The summed E-state index contributed by atoms with van der Waals surface area (Å²) in [5.74, 6) is 1.97. The van der Waals surface area contributed by atoms with Crippen LogP contribution in [0, 0.1) is 0 Å². The van der Waals surface area contributed by atoms with Gasteiger partial charge in [0.15, 0.2) is 0 Å². The second-order valence-electron chi connectivity index (χ2n) is 4.87. The van der Waals surface area contributed by atoms with Gasteiger partial charge in [-0.3, -0.25) is 0 Å². The molecule has 25 heavy (non-hydrogen) atoms. The molecule has 0 aliphatic heterocycles. The molecule has 3 aromatic rings. The van der Waals surface area contributed by atoms with E-state index in [-0.39, 0.29) is 0 Å². The van der Waals surface area contributed by atoms with E-state index in [4.69, 9.17) is 13.6 Å². The van der Waals surface area contributed by atoms with E-state index in [1.165, 1.54) is 0 Å². The second kappa shape index (κ2) is 9.04. The van der Waals surface area contributed by atoms with Crippen molar-refractivity contribution < 1.29 is 13.6 Å². The molecule has 0 aliphatic rings. The Hall–Kier alpha value is -1.07. The van der Waals surface area contributed by atoms with Crippen LogP contribution in [-0.4, -0.2) is 0 Å². The number of benzene rings is 3. The summed E-state index contributed by atoms with van der Waals surface area (Å²) in [6.07, 6.45) is 0. The third kappa shape index (κ3) is 6.00. The van der Waals surface area contributed by atoms with E-state index in [1.54, 1.807) is 0 Å². The molecule has 0 saturated heterocycles. The Morgan fingerprint density at radius 2 is 0.840 bits per heavy atom. The van der Waals surface area contributed by atoms with Crippen molar-refractivity contribution in [2.75, 3.05) is 0 Å². The van der Waals surface area contributed by atoms with Crippen LogP contribution in [0.4, 0.5) is 0 Å². The molecule has 0 bridgehead atoms. The zero-order valence-electron chi connectivity index (χ0n) is 12.7. The van der Waals surface area contributed by atoms with E-state index in [0.29, 0.717) is 17.2 Å². The van der Waals surface area contributed by atoms with E-state index in [1.807, 2.05) is 72.8 Å². The average Bonchev–Trinajstić information content (AvgIpc) is 2.55. The molecular weight excluding hydrogens is 535 g/mol. The number of hydrogen-bond donors (Lipinski definition) is 0. The van der Waals surface area contributed by atoms with Gasteiger partial charge in [0.05, 0.1) is 0 Å². The van der Waals surface area contributed by atoms with E-state index in [9.17, 15) is 0 Å². The van der Waals surface area contributed by atoms with Crippen LogP contribution in [0.15, 0.2) is 86.2 Å². The lowest BCUT2D eigenvalue weighted by Gasteiger charge is -2.18. The molecule has 7 heteroatoms. The molecule has 3 rings (SSSR count). The van der Waals surface area contributed by atoms with Gasteiger partial charge in [-0.25, -0.2) is 0 Å². The third-order valence-electron chi connectivity index (χ3n) is 2.93. The lowest BCUT2D eigenvalue weighted by molar-refractivity contribution is 0.388. The van der Waals surface area contributed by atoms with E-state index >= 15 is 0 Å². The lowest BCUT2D eigenvalue weighted by atomic mass is 10.3. The van der Waals surface area contributed by atoms with Crippen LogP contribution >= 0.6 is 56.4 Å². The average molecular weight is 547 g/mol. The quantitative estimate of drug-likeness (QED) is 0.296. The van der Waals surface area contributed by atoms with Gasteiger partial charge in [0.1, 0.15) is 17.2 Å². The molecule has 0 N–H and O–H groups in total. The van der Waals surface area contributed by atoms with E-state index in [0.717, 1.165) is 13.4 Å². The van der Waals surface area contributed by atoms with Crippen LogP contribution in [0.2, 0.25) is 0 Å². The van der Waals surface area contributed by atoms with E-state index in [2.05, 4.69) is 47.8 Å². The highest BCUT2D eigenvalue weighted by Gasteiger charge is 2.20. The van der Waals surface area contributed by atoms with Gasteiger partial charge in [0.2, 0.25) is 0 Å². The first kappa shape index (κ1) is 18.7. The van der Waals surface area contributed by atoms with Crippen molar-refractivity contribution in [3.63, 3.8) is 0 Å². The minimum atomic E-state index is -1.69. The molecule has 0 aliphatic carbocycles. The van der Waals surface area contributed by atoms with Crippen molar-refractivity contribution in [1.29, 1.82) is 0 Å². The van der Waals surface area contributed by atoms with Crippen molar-refractivity contribution in [2.45, 2.75) is 0 Å². The summed E-state index contributed by atoms with van der Waals surface area (Å²) in [7, 11) is -1.69. The summed E-state index contributed by atoms with van der Waals surface area (Å²) in [4.78, 5) is 0. The standard InChI is InChI=1S/C18H12Br3O3P/c19-13-4-1-7-16(10-13)22-25(23-17-8-2-5-14(20)11-17)24-18-9-3-6-15(21)12-18/h1-12H. The molecule has 0 atom stereocenters. The molecule has 0 fully saturated rings. The highest BCUT2D eigenvalue weighted by Crippen LogP contribution is 2.43. The maximum Gasteiger partial charge on any atom is 0.530 e. The predicted octanol–water partition coefficient (Wildman–Crippen LogP) is 7.74. The highest BCUT2D eigenvalue weighted by molar-refractivity contribution is 9.11. The van der Waals surface area contributed by atoms with Gasteiger partial charge in [-0.2, -0.15) is 0 Å². The zero-order chi connectivity index (χ0) is 17.6. The lowest BCUT2D eigenvalue weighted by Crippen LogP contribution is -2.02. The van der Waals surface area contributed by atoms with Crippen LogP contribution in [0.3, 0.4) is 0 Å². The van der Waals surface area contributed by atoms with Crippen molar-refractivity contribution >= 4 is 56.4 Å². The van der Waals surface area contributed by atoms with Crippen LogP contribution in [0.1, 0.15) is 0 Å². The largest absolute Gasteiger partial charge is 0.530 e. The maximum atomic E-state index is 5.94. The van der Waals surface area contributed by atoms with Crippen LogP contribution < -0.4 is 13.6 Å². The summed E-state index contributed by atoms with van der Waals surface area (Å²) < 4.78 is 20.6. The molecule has 0 heterocycles. The van der Waals surface area contributed by atoms with Gasteiger partial charge in [-0.05, 0) is 54.6 Å². The molecule has 0 amide bonds. The fourth-order valence-corrected chi connectivity index (χ4v) is 3.99. The van der Waals surface area contributed by atoms with Gasteiger partial charge in [0, 0.05) is 13.4 Å². The highest BCUT2D eigenvalue weighted by atomic mass is 79.9. The molecular formula is C18H12Br3O3P. The molecule has 0 saturated carbocycles. The van der Waals surface area contributed by atoms with Crippen LogP contribution in [0.25, 0.3) is 0 Å². The monoisotopic (exact) mass is 544 g/mol. The first-order valence-electron chi connectivity index (χ1n) is 7.19. The summed E-state index contributed by atoms with van der Waals surface area (Å²) in [6.45, 7) is 0.